The average Bonchev–Trinajstić information content (AvgIpc) is 3.21. The van der Waals surface area contributed by atoms with Crippen LogP contribution in [0.5, 0.6) is 0 Å². The Labute approximate surface area is 191 Å². The maximum Gasteiger partial charge on any atom is 0.261 e. The molecule has 2 aliphatic rings. The molecule has 2 amide bonds. The molecule has 0 radical (unpaired) electrons. The number of benzene rings is 1. The van der Waals surface area contributed by atoms with Crippen molar-refractivity contribution in [3.63, 3.8) is 0 Å². The SMILES string of the molecule is CCN1CCN(C(=O)c2ccc(N3N=CC(c4ccc(C#N)c(F)c4C)C3=O)nc2)C[C@H]1C. The van der Waals surface area contributed by atoms with Gasteiger partial charge in [0.1, 0.15) is 17.8 Å². The third-order valence-corrected chi connectivity index (χ3v) is 6.36. The second-order valence-electron chi connectivity index (χ2n) is 8.28. The molecule has 2 aliphatic heterocycles. The van der Waals surface area contributed by atoms with Crippen LogP contribution in [-0.2, 0) is 4.79 Å². The van der Waals surface area contributed by atoms with Crippen molar-refractivity contribution in [3.05, 3.63) is 58.5 Å². The Morgan fingerprint density at radius 3 is 2.70 bits per heavy atom. The van der Waals surface area contributed by atoms with E-state index < -0.39 is 11.7 Å². The Kier molecular flexibility index (Phi) is 6.20. The summed E-state index contributed by atoms with van der Waals surface area (Å²) in [4.78, 5) is 34.3. The Bertz CT molecular complexity index is 1160. The summed E-state index contributed by atoms with van der Waals surface area (Å²) in [6.45, 7) is 8.88. The van der Waals surface area contributed by atoms with Crippen LogP contribution in [0.25, 0.3) is 0 Å². The van der Waals surface area contributed by atoms with Crippen molar-refractivity contribution in [2.24, 2.45) is 5.10 Å². The molecule has 3 heterocycles. The lowest BCUT2D eigenvalue weighted by Crippen LogP contribution is -2.53. The molecule has 2 atom stereocenters. The number of aromatic nitrogens is 1. The topological polar surface area (TPSA) is 92.9 Å². The van der Waals surface area contributed by atoms with E-state index in [1.54, 1.807) is 24.3 Å². The maximum absolute atomic E-state index is 14.4. The summed E-state index contributed by atoms with van der Waals surface area (Å²) in [5.41, 5.74) is 1.08. The molecule has 1 unspecified atom stereocenters. The van der Waals surface area contributed by atoms with Gasteiger partial charge in [0.15, 0.2) is 5.82 Å². The number of carbonyl (C=O) groups is 2. The lowest BCUT2D eigenvalue weighted by atomic mass is 9.93. The molecule has 0 N–H and O–H groups in total. The van der Waals surface area contributed by atoms with Gasteiger partial charge < -0.3 is 4.90 Å². The quantitative estimate of drug-likeness (QED) is 0.717. The highest BCUT2D eigenvalue weighted by molar-refractivity contribution is 6.12. The van der Waals surface area contributed by atoms with Crippen LogP contribution >= 0.6 is 0 Å². The van der Waals surface area contributed by atoms with Gasteiger partial charge in [0, 0.05) is 38.1 Å². The van der Waals surface area contributed by atoms with Gasteiger partial charge in [-0.25, -0.2) is 9.37 Å². The highest BCUT2D eigenvalue weighted by Gasteiger charge is 2.34. The van der Waals surface area contributed by atoms with Gasteiger partial charge in [0.05, 0.1) is 11.1 Å². The predicted molar refractivity (Wildman–Crippen MR) is 121 cm³/mol. The first-order valence-corrected chi connectivity index (χ1v) is 10.9. The fourth-order valence-corrected chi connectivity index (χ4v) is 4.36. The Hall–Kier alpha value is -3.64. The predicted octanol–water partition coefficient (Wildman–Crippen LogP) is 2.68. The molecular weight excluding hydrogens is 423 g/mol. The van der Waals surface area contributed by atoms with E-state index in [0.717, 1.165) is 18.1 Å². The van der Waals surface area contributed by atoms with Crippen LogP contribution in [0, 0.1) is 24.1 Å². The van der Waals surface area contributed by atoms with Gasteiger partial charge in [0.2, 0.25) is 0 Å². The third kappa shape index (κ3) is 4.10. The summed E-state index contributed by atoms with van der Waals surface area (Å²) in [5, 5.41) is 14.3. The first-order chi connectivity index (χ1) is 15.8. The minimum atomic E-state index is -0.772. The molecule has 9 heteroatoms. The van der Waals surface area contributed by atoms with Crippen LogP contribution in [0.4, 0.5) is 10.2 Å². The van der Waals surface area contributed by atoms with Gasteiger partial charge in [-0.2, -0.15) is 15.4 Å². The molecule has 0 bridgehead atoms. The molecular formula is C24H25FN6O2. The number of piperazine rings is 1. The number of amides is 2. The first-order valence-electron chi connectivity index (χ1n) is 10.9. The van der Waals surface area contributed by atoms with Gasteiger partial charge in [-0.15, -0.1) is 0 Å². The molecule has 0 spiro atoms. The minimum Gasteiger partial charge on any atom is -0.336 e. The average molecular weight is 449 g/mol. The second kappa shape index (κ2) is 9.08. The van der Waals surface area contributed by atoms with E-state index in [1.165, 1.54) is 25.4 Å². The lowest BCUT2D eigenvalue weighted by molar-refractivity contribution is -0.118. The summed E-state index contributed by atoms with van der Waals surface area (Å²) in [7, 11) is 0. The Balaban J connectivity index is 1.48. The van der Waals surface area contributed by atoms with Crippen molar-refractivity contribution >= 4 is 23.8 Å². The number of nitrogens with zero attached hydrogens (tertiary/aromatic N) is 6. The van der Waals surface area contributed by atoms with Crippen LogP contribution in [0.3, 0.4) is 0 Å². The molecule has 1 aromatic carbocycles. The van der Waals surface area contributed by atoms with Crippen molar-refractivity contribution < 1.29 is 14.0 Å². The molecule has 1 aromatic heterocycles. The zero-order chi connectivity index (χ0) is 23.7. The molecule has 33 heavy (non-hydrogen) atoms. The molecule has 1 fully saturated rings. The van der Waals surface area contributed by atoms with Gasteiger partial charge in [-0.3, -0.25) is 14.5 Å². The molecule has 170 valence electrons. The molecule has 0 saturated carbocycles. The molecule has 8 nitrogen and oxygen atoms in total. The number of rotatable bonds is 4. The zero-order valence-corrected chi connectivity index (χ0v) is 18.8. The summed E-state index contributed by atoms with van der Waals surface area (Å²) in [6.07, 6.45) is 2.89. The van der Waals surface area contributed by atoms with Gasteiger partial charge in [-0.1, -0.05) is 13.0 Å². The van der Waals surface area contributed by atoms with Crippen LogP contribution < -0.4 is 5.01 Å². The lowest BCUT2D eigenvalue weighted by Gasteiger charge is -2.39. The van der Waals surface area contributed by atoms with E-state index in [-0.39, 0.29) is 28.8 Å². The monoisotopic (exact) mass is 448 g/mol. The summed E-state index contributed by atoms with van der Waals surface area (Å²) in [5.74, 6) is -1.59. The highest BCUT2D eigenvalue weighted by Crippen LogP contribution is 2.30. The number of hydrogen-bond donors (Lipinski definition) is 0. The molecule has 0 aliphatic carbocycles. The summed E-state index contributed by atoms with van der Waals surface area (Å²) in [6, 6.07) is 8.26. The van der Waals surface area contributed by atoms with E-state index in [1.807, 2.05) is 4.90 Å². The number of pyridine rings is 1. The standard InChI is InChI=1S/C24H25FN6O2/c1-4-29-9-10-30(14-15(29)2)23(32)18-6-8-21(27-12-18)31-24(33)20(13-28-31)19-7-5-17(11-26)22(25)16(19)3/h5-8,12-13,15,20H,4,9-10,14H2,1-3H3/t15-,20?/m1/s1. The van der Waals surface area contributed by atoms with Crippen LogP contribution in [0.15, 0.2) is 35.6 Å². The second-order valence-corrected chi connectivity index (χ2v) is 8.28. The summed E-state index contributed by atoms with van der Waals surface area (Å²) >= 11 is 0. The minimum absolute atomic E-state index is 0.0667. The van der Waals surface area contributed by atoms with Gasteiger partial charge >= 0.3 is 0 Å². The summed E-state index contributed by atoms with van der Waals surface area (Å²) < 4.78 is 14.4. The third-order valence-electron chi connectivity index (χ3n) is 6.36. The fourth-order valence-electron chi connectivity index (χ4n) is 4.36. The molecule has 4 rings (SSSR count). The van der Waals surface area contributed by atoms with Crippen molar-refractivity contribution in [1.29, 1.82) is 5.26 Å². The zero-order valence-electron chi connectivity index (χ0n) is 18.8. The Morgan fingerprint density at radius 1 is 1.27 bits per heavy atom. The highest BCUT2D eigenvalue weighted by atomic mass is 19.1. The number of nitriles is 1. The maximum atomic E-state index is 14.4. The number of carbonyl (C=O) groups excluding carboxylic acids is 2. The van der Waals surface area contributed by atoms with Crippen LogP contribution in [-0.4, -0.2) is 65.0 Å². The van der Waals surface area contributed by atoms with Crippen LogP contribution in [0.2, 0.25) is 0 Å². The van der Waals surface area contributed by atoms with E-state index >= 15 is 0 Å². The first kappa shape index (κ1) is 22.6. The normalized spacial score (nSPS) is 20.9. The van der Waals surface area contributed by atoms with Crippen molar-refractivity contribution in [2.45, 2.75) is 32.7 Å². The van der Waals surface area contributed by atoms with Gasteiger partial charge in [0.25, 0.3) is 11.8 Å². The van der Waals surface area contributed by atoms with E-state index in [2.05, 4.69) is 28.8 Å². The number of hydrogen-bond acceptors (Lipinski definition) is 6. The Morgan fingerprint density at radius 2 is 2.06 bits per heavy atom. The largest absolute Gasteiger partial charge is 0.336 e. The van der Waals surface area contributed by atoms with E-state index in [9.17, 15) is 14.0 Å². The van der Waals surface area contributed by atoms with Crippen molar-refractivity contribution in [2.75, 3.05) is 31.2 Å². The van der Waals surface area contributed by atoms with E-state index in [0.29, 0.717) is 30.3 Å². The number of hydrazone groups is 1. The number of halogens is 1. The fraction of sp³-hybridized carbons (Fsp3) is 0.375. The number of likely N-dealkylation sites (N-methyl/N-ethyl adjacent to an activating group) is 1. The van der Waals surface area contributed by atoms with Crippen molar-refractivity contribution in [1.82, 2.24) is 14.8 Å². The smallest absolute Gasteiger partial charge is 0.261 e. The van der Waals surface area contributed by atoms with Crippen LogP contribution in [0.1, 0.15) is 46.8 Å². The van der Waals surface area contributed by atoms with Crippen molar-refractivity contribution in [3.8, 4) is 6.07 Å². The molecule has 2 aromatic rings. The molecule has 1 saturated heterocycles. The number of anilines is 1. The van der Waals surface area contributed by atoms with Gasteiger partial charge in [-0.05, 0) is 49.7 Å². The van der Waals surface area contributed by atoms with E-state index in [4.69, 9.17) is 5.26 Å².